The van der Waals surface area contributed by atoms with E-state index >= 15 is 0 Å². The van der Waals surface area contributed by atoms with E-state index in [-0.39, 0.29) is 34.3 Å². The van der Waals surface area contributed by atoms with Gasteiger partial charge in [0.1, 0.15) is 17.2 Å². The van der Waals surface area contributed by atoms with Crippen molar-refractivity contribution in [3.05, 3.63) is 90.0 Å². The van der Waals surface area contributed by atoms with E-state index in [2.05, 4.69) is 15.0 Å². The number of carbonyl (C=O) groups excluding carboxylic acids is 2. The molecule has 4 rings (SSSR count). The molecule has 1 atom stereocenters. The van der Waals surface area contributed by atoms with Crippen LogP contribution in [0.3, 0.4) is 0 Å². The van der Waals surface area contributed by atoms with E-state index < -0.39 is 12.5 Å². The van der Waals surface area contributed by atoms with Crippen LogP contribution in [0.15, 0.2) is 88.1 Å². The van der Waals surface area contributed by atoms with Crippen molar-refractivity contribution in [2.75, 3.05) is 10.7 Å². The van der Waals surface area contributed by atoms with E-state index in [0.29, 0.717) is 11.4 Å². The minimum absolute atomic E-state index is 0.0143. The van der Waals surface area contributed by atoms with Crippen molar-refractivity contribution in [1.29, 1.82) is 0 Å². The van der Waals surface area contributed by atoms with E-state index in [1.165, 1.54) is 41.5 Å². The number of halogens is 2. The Balaban J connectivity index is 1.51. The fourth-order valence-corrected chi connectivity index (χ4v) is 4.17. The molecule has 0 fully saturated rings. The zero-order valence-corrected chi connectivity index (χ0v) is 19.4. The van der Waals surface area contributed by atoms with Crippen LogP contribution >= 0.6 is 11.8 Å². The van der Waals surface area contributed by atoms with Gasteiger partial charge in [-0.05, 0) is 48.9 Å². The van der Waals surface area contributed by atoms with E-state index in [1.54, 1.807) is 12.1 Å². The summed E-state index contributed by atoms with van der Waals surface area (Å²) in [6, 6.07) is 18.3. The molecule has 0 spiro atoms. The molecular formula is C25H21F2N3O4S. The number of nitrogens with one attached hydrogen (secondary N) is 1. The maximum atomic E-state index is 13.1. The van der Waals surface area contributed by atoms with Gasteiger partial charge < -0.3 is 14.5 Å². The number of aliphatic imine (C=N–C) groups is 1. The number of alkyl halides is 2. The van der Waals surface area contributed by atoms with Gasteiger partial charge in [0, 0.05) is 6.08 Å². The number of anilines is 1. The lowest BCUT2D eigenvalue weighted by Crippen LogP contribution is -2.33. The van der Waals surface area contributed by atoms with Crippen molar-refractivity contribution in [3.8, 4) is 5.75 Å². The van der Waals surface area contributed by atoms with Gasteiger partial charge in [0.25, 0.3) is 5.91 Å². The summed E-state index contributed by atoms with van der Waals surface area (Å²) in [7, 11) is 0. The summed E-state index contributed by atoms with van der Waals surface area (Å²) in [4.78, 5) is 31.5. The third-order valence-electron chi connectivity index (χ3n) is 4.98. The number of furan rings is 1. The molecule has 2 amide bonds. The van der Waals surface area contributed by atoms with Gasteiger partial charge in [0.2, 0.25) is 5.91 Å². The minimum atomic E-state index is -2.96. The number of ether oxygens (including phenoxy) is 1. The standard InChI is InChI=1S/C25H21F2N3O4S/c1-16(17-6-3-2-4-7-17)28-22(31)15-35-25-29-21(14-20-8-5-13-33-20)23(32)30(25)18-9-11-19(12-10-18)34-24(26)27/h2-14,16,24H,15H2,1H3,(H,28,31)/b21-14+/t16-/m1/s1. The molecule has 1 aliphatic rings. The zero-order chi connectivity index (χ0) is 24.8. The second-order valence-electron chi connectivity index (χ2n) is 7.44. The first-order valence-corrected chi connectivity index (χ1v) is 11.6. The third-order valence-corrected chi connectivity index (χ3v) is 5.92. The lowest BCUT2D eigenvalue weighted by Gasteiger charge is -2.19. The highest BCUT2D eigenvalue weighted by molar-refractivity contribution is 8.14. The van der Waals surface area contributed by atoms with Gasteiger partial charge in [-0.15, -0.1) is 0 Å². The molecule has 35 heavy (non-hydrogen) atoms. The Morgan fingerprint density at radius 3 is 2.54 bits per heavy atom. The van der Waals surface area contributed by atoms with Crippen LogP contribution in [-0.2, 0) is 9.59 Å². The summed E-state index contributed by atoms with van der Waals surface area (Å²) in [5, 5.41) is 3.20. The van der Waals surface area contributed by atoms with E-state index in [4.69, 9.17) is 4.42 Å². The average Bonchev–Trinajstić information content (AvgIpc) is 3.47. The molecule has 10 heteroatoms. The summed E-state index contributed by atoms with van der Waals surface area (Å²) in [6.45, 7) is -1.07. The van der Waals surface area contributed by atoms with Crippen LogP contribution in [0.5, 0.6) is 5.75 Å². The number of hydrogen-bond donors (Lipinski definition) is 1. The van der Waals surface area contributed by atoms with Crippen LogP contribution in [0.2, 0.25) is 0 Å². The van der Waals surface area contributed by atoms with Gasteiger partial charge in [0.05, 0.1) is 23.7 Å². The number of thioether (sulfide) groups is 1. The summed E-state index contributed by atoms with van der Waals surface area (Å²) in [6.07, 6.45) is 2.97. The summed E-state index contributed by atoms with van der Waals surface area (Å²) in [5.41, 5.74) is 1.48. The van der Waals surface area contributed by atoms with Crippen molar-refractivity contribution < 1.29 is 27.5 Å². The molecule has 0 saturated carbocycles. The van der Waals surface area contributed by atoms with E-state index in [0.717, 1.165) is 17.3 Å². The Morgan fingerprint density at radius 2 is 1.89 bits per heavy atom. The van der Waals surface area contributed by atoms with Crippen molar-refractivity contribution in [2.24, 2.45) is 4.99 Å². The molecule has 2 aromatic carbocycles. The predicted octanol–water partition coefficient (Wildman–Crippen LogP) is 5.24. The van der Waals surface area contributed by atoms with Crippen LogP contribution in [-0.4, -0.2) is 29.3 Å². The third kappa shape index (κ3) is 6.15. The van der Waals surface area contributed by atoms with Crippen LogP contribution < -0.4 is 15.0 Å². The van der Waals surface area contributed by atoms with Gasteiger partial charge in [-0.2, -0.15) is 8.78 Å². The molecule has 180 valence electrons. The highest BCUT2D eigenvalue weighted by Gasteiger charge is 2.32. The van der Waals surface area contributed by atoms with Crippen molar-refractivity contribution in [2.45, 2.75) is 19.6 Å². The number of benzene rings is 2. The molecule has 2 heterocycles. The Morgan fingerprint density at radius 1 is 1.14 bits per heavy atom. The minimum Gasteiger partial charge on any atom is -0.465 e. The maximum absolute atomic E-state index is 13.1. The molecule has 0 radical (unpaired) electrons. The first-order valence-electron chi connectivity index (χ1n) is 10.6. The first-order chi connectivity index (χ1) is 16.9. The molecular weight excluding hydrogens is 476 g/mol. The van der Waals surface area contributed by atoms with Gasteiger partial charge in [0.15, 0.2) is 5.17 Å². The maximum Gasteiger partial charge on any atom is 0.387 e. The van der Waals surface area contributed by atoms with Gasteiger partial charge >= 0.3 is 6.61 Å². The molecule has 3 aromatic rings. The van der Waals surface area contributed by atoms with Gasteiger partial charge in [-0.25, -0.2) is 4.99 Å². The Bertz CT molecular complexity index is 1230. The molecule has 1 aliphatic heterocycles. The molecule has 0 aliphatic carbocycles. The monoisotopic (exact) mass is 497 g/mol. The topological polar surface area (TPSA) is 84.1 Å². The molecule has 0 saturated heterocycles. The molecule has 1 N–H and O–H groups in total. The average molecular weight is 498 g/mol. The molecule has 0 bridgehead atoms. The van der Waals surface area contributed by atoms with Crippen LogP contribution in [0.4, 0.5) is 14.5 Å². The number of nitrogens with zero attached hydrogens (tertiary/aromatic N) is 2. The Hall–Kier alpha value is -3.92. The van der Waals surface area contributed by atoms with Crippen molar-refractivity contribution >= 4 is 40.5 Å². The summed E-state index contributed by atoms with van der Waals surface area (Å²) < 4.78 is 34.6. The molecule has 0 unspecified atom stereocenters. The highest BCUT2D eigenvalue weighted by atomic mass is 32.2. The smallest absolute Gasteiger partial charge is 0.387 e. The lowest BCUT2D eigenvalue weighted by atomic mass is 10.1. The lowest BCUT2D eigenvalue weighted by molar-refractivity contribution is -0.119. The predicted molar refractivity (Wildman–Crippen MR) is 130 cm³/mol. The van der Waals surface area contributed by atoms with Gasteiger partial charge in [-0.1, -0.05) is 42.1 Å². The number of amidine groups is 1. The van der Waals surface area contributed by atoms with E-state index in [1.807, 2.05) is 37.3 Å². The fraction of sp³-hybridized carbons (Fsp3) is 0.160. The quantitative estimate of drug-likeness (QED) is 0.431. The number of amides is 2. The fourth-order valence-electron chi connectivity index (χ4n) is 3.34. The first kappa shape index (κ1) is 24.2. The Kier molecular flexibility index (Phi) is 7.61. The summed E-state index contributed by atoms with van der Waals surface area (Å²) >= 11 is 1.09. The number of rotatable bonds is 8. The Labute approximate surface area is 204 Å². The molecule has 7 nitrogen and oxygen atoms in total. The van der Waals surface area contributed by atoms with Crippen molar-refractivity contribution in [3.63, 3.8) is 0 Å². The van der Waals surface area contributed by atoms with Crippen LogP contribution in [0, 0.1) is 0 Å². The van der Waals surface area contributed by atoms with E-state index in [9.17, 15) is 18.4 Å². The number of hydrogen-bond acceptors (Lipinski definition) is 6. The van der Waals surface area contributed by atoms with Gasteiger partial charge in [-0.3, -0.25) is 14.5 Å². The largest absolute Gasteiger partial charge is 0.465 e. The van der Waals surface area contributed by atoms with Crippen molar-refractivity contribution in [1.82, 2.24) is 5.32 Å². The normalized spacial score (nSPS) is 15.4. The van der Waals surface area contributed by atoms with Crippen LogP contribution in [0.25, 0.3) is 6.08 Å². The number of carbonyl (C=O) groups is 2. The second kappa shape index (κ2) is 11.0. The second-order valence-corrected chi connectivity index (χ2v) is 8.38. The SMILES string of the molecule is C[C@@H](NC(=O)CSC1=N/C(=C/c2ccco2)C(=O)N1c1ccc(OC(F)F)cc1)c1ccccc1. The van der Waals surface area contributed by atoms with Crippen LogP contribution in [0.1, 0.15) is 24.3 Å². The molecule has 1 aromatic heterocycles. The highest BCUT2D eigenvalue weighted by Crippen LogP contribution is 2.31. The zero-order valence-electron chi connectivity index (χ0n) is 18.6. The summed E-state index contributed by atoms with van der Waals surface area (Å²) in [5.74, 6) is -0.254.